The molecule has 1 aromatic heterocycles. The van der Waals surface area contributed by atoms with Gasteiger partial charge in [-0.05, 0) is 12.5 Å². The lowest BCUT2D eigenvalue weighted by Crippen LogP contribution is -2.37. The summed E-state index contributed by atoms with van der Waals surface area (Å²) >= 11 is 0. The number of carboxylic acid groups (broad SMARTS) is 2. The highest BCUT2D eigenvalue weighted by atomic mass is 16.6. The topological polar surface area (TPSA) is 397 Å². The molecule has 0 saturated carbocycles. The van der Waals surface area contributed by atoms with E-state index in [4.69, 9.17) is 124 Å². The Balaban J connectivity index is 1.43. The smallest absolute Gasteiger partial charge is 0.305 e. The Labute approximate surface area is 611 Å². The molecule has 0 bridgehead atoms. The summed E-state index contributed by atoms with van der Waals surface area (Å²) < 4.78 is 133. The van der Waals surface area contributed by atoms with Crippen LogP contribution < -0.4 is 5.32 Å². The number of aryl methyl sites for hydroxylation is 1. The molecule has 2 rings (SSSR count). The van der Waals surface area contributed by atoms with E-state index in [9.17, 15) is 19.2 Å². The Morgan fingerprint density at radius 2 is 0.519 bits per heavy atom. The van der Waals surface area contributed by atoms with E-state index in [2.05, 4.69) is 25.7 Å². The van der Waals surface area contributed by atoms with Crippen LogP contribution in [0, 0.1) is 6.92 Å². The number of nitrogens with zero attached hydrogens (tertiary/aromatic N) is 5. The molecular formula is C68H120N6O30. The summed E-state index contributed by atoms with van der Waals surface area (Å²) in [7, 11) is 0. The fourth-order valence-electron chi connectivity index (χ4n) is 7.95. The highest BCUT2D eigenvalue weighted by molar-refractivity contribution is 5.78. The van der Waals surface area contributed by atoms with E-state index in [0.29, 0.717) is 329 Å². The van der Waals surface area contributed by atoms with Crippen LogP contribution in [0.1, 0.15) is 30.7 Å². The van der Waals surface area contributed by atoms with E-state index in [1.54, 1.807) is 11.8 Å². The third kappa shape index (κ3) is 67.7. The number of aliphatic carboxylic acids is 2. The van der Waals surface area contributed by atoms with E-state index < -0.39 is 11.9 Å². The van der Waals surface area contributed by atoms with E-state index in [1.165, 1.54) is 0 Å². The number of ether oxygens (including phenoxy) is 24. The second kappa shape index (κ2) is 76.3. The van der Waals surface area contributed by atoms with Crippen molar-refractivity contribution < 1.29 is 143 Å². The van der Waals surface area contributed by atoms with Crippen LogP contribution in [0.3, 0.4) is 0 Å². The molecule has 0 atom stereocenters. The summed E-state index contributed by atoms with van der Waals surface area (Å²) in [6, 6.07) is 7.38. The number of benzene rings is 1. The van der Waals surface area contributed by atoms with Gasteiger partial charge in [-0.3, -0.25) is 19.2 Å². The molecule has 0 saturated heterocycles. The Hall–Kier alpha value is -4.92. The molecule has 0 fully saturated rings. The van der Waals surface area contributed by atoms with Gasteiger partial charge in [0.25, 0.3) is 0 Å². The van der Waals surface area contributed by atoms with Crippen molar-refractivity contribution >= 4 is 23.8 Å². The number of amides is 2. The van der Waals surface area contributed by atoms with Gasteiger partial charge in [-0.1, -0.05) is 24.3 Å². The number of carbonyl (C=O) groups is 4. The molecule has 0 unspecified atom stereocenters. The summed E-state index contributed by atoms with van der Waals surface area (Å²) in [5.41, 5.74) is 1.64. The standard InChI is InChI=1S/C68H120N6O30/c1-61-70-72-68(73-71-61)63-4-2-62(3-5-63)60-64(75)69-9-15-84-21-27-90-33-39-96-45-51-102-57-54-99-48-42-93-36-30-87-24-18-81-12-6-65(76)74(10-16-85-22-28-91-34-40-97-46-52-103-58-55-100-49-43-94-37-31-88-25-19-82-13-7-66(77)78)11-17-86-23-29-92-35-41-98-47-53-104-59-56-101-50-44-95-38-32-89-26-20-83-14-8-67(79)80/h2-5H,6-60H2,1H3,(H,69,75)(H,77,78)(H,79,80). The second-order valence-corrected chi connectivity index (χ2v) is 21.6. The molecule has 2 aromatic rings. The minimum Gasteiger partial charge on any atom is -0.481 e. The lowest BCUT2D eigenvalue weighted by molar-refractivity contribution is -0.139. The first-order chi connectivity index (χ1) is 51.2. The van der Waals surface area contributed by atoms with Crippen LogP contribution in [0.15, 0.2) is 24.3 Å². The first kappa shape index (κ1) is 95.2. The molecule has 104 heavy (non-hydrogen) atoms. The Bertz CT molecular complexity index is 2150. The maximum Gasteiger partial charge on any atom is 0.305 e. The predicted octanol–water partition coefficient (Wildman–Crippen LogP) is 0.467. The van der Waals surface area contributed by atoms with Crippen molar-refractivity contribution in [3.63, 3.8) is 0 Å². The number of aromatic nitrogens is 4. The van der Waals surface area contributed by atoms with Gasteiger partial charge < -0.3 is 134 Å². The molecule has 3 N–H and O–H groups in total. The summed E-state index contributed by atoms with van der Waals surface area (Å²) in [5, 5.41) is 35.9. The lowest BCUT2D eigenvalue weighted by atomic mass is 10.1. The molecule has 36 nitrogen and oxygen atoms in total. The number of carbonyl (C=O) groups excluding carboxylic acids is 2. The van der Waals surface area contributed by atoms with E-state index in [-0.39, 0.29) is 57.3 Å². The number of hydrogen-bond donors (Lipinski definition) is 3. The van der Waals surface area contributed by atoms with E-state index in [1.807, 2.05) is 24.3 Å². The molecule has 2 amide bonds. The van der Waals surface area contributed by atoms with Gasteiger partial charge in [0.15, 0.2) is 5.82 Å². The zero-order valence-electron chi connectivity index (χ0n) is 61.3. The average Bonchev–Trinajstić information content (AvgIpc) is 0.884. The third-order valence-electron chi connectivity index (χ3n) is 13.3. The van der Waals surface area contributed by atoms with Crippen LogP contribution in [0.25, 0.3) is 11.4 Å². The molecule has 1 heterocycles. The van der Waals surface area contributed by atoms with Gasteiger partial charge in [-0.2, -0.15) is 0 Å². The summed E-state index contributed by atoms with van der Waals surface area (Å²) in [5.74, 6) is -1.06. The first-order valence-electron chi connectivity index (χ1n) is 35.7. The summed E-state index contributed by atoms with van der Waals surface area (Å²) in [6.07, 6.45) is 0.364. The van der Waals surface area contributed by atoms with Crippen molar-refractivity contribution in [1.29, 1.82) is 0 Å². The predicted molar refractivity (Wildman–Crippen MR) is 370 cm³/mol. The molecular weight excluding hydrogens is 1380 g/mol. The highest BCUT2D eigenvalue weighted by Gasteiger charge is 2.14. The minimum absolute atomic E-state index is 0.0282. The van der Waals surface area contributed by atoms with Crippen molar-refractivity contribution in [3.05, 3.63) is 35.7 Å². The Morgan fingerprint density at radius 3 is 0.769 bits per heavy atom. The maximum atomic E-state index is 13.3. The molecule has 0 aliphatic carbocycles. The second-order valence-electron chi connectivity index (χ2n) is 21.6. The fourth-order valence-corrected chi connectivity index (χ4v) is 7.95. The van der Waals surface area contributed by atoms with Crippen LogP contribution in [-0.2, 0) is 139 Å². The minimum atomic E-state index is -0.894. The van der Waals surface area contributed by atoms with Gasteiger partial charge in [0.2, 0.25) is 17.6 Å². The summed E-state index contributed by atoms with van der Waals surface area (Å²) in [4.78, 5) is 48.2. The van der Waals surface area contributed by atoms with E-state index >= 15 is 0 Å². The number of rotatable bonds is 84. The van der Waals surface area contributed by atoms with Crippen LogP contribution >= 0.6 is 0 Å². The fraction of sp³-hybridized carbons (Fsp3) is 0.824. The van der Waals surface area contributed by atoms with Crippen molar-refractivity contribution in [2.24, 2.45) is 0 Å². The van der Waals surface area contributed by atoms with Crippen molar-refractivity contribution in [2.75, 3.05) is 337 Å². The number of carboxylic acids is 2. The largest absolute Gasteiger partial charge is 0.481 e. The molecule has 1 aromatic carbocycles. The monoisotopic (exact) mass is 1500 g/mol. The third-order valence-corrected chi connectivity index (χ3v) is 13.3. The maximum absolute atomic E-state index is 13.3. The van der Waals surface area contributed by atoms with Crippen LogP contribution in [-0.4, -0.2) is 396 Å². The number of nitrogens with one attached hydrogen (secondary N) is 1. The molecule has 0 spiro atoms. The van der Waals surface area contributed by atoms with Crippen LogP contribution in [0.4, 0.5) is 0 Å². The Morgan fingerprint density at radius 1 is 0.298 bits per heavy atom. The van der Waals surface area contributed by atoms with Gasteiger partial charge in [0, 0.05) is 25.2 Å². The van der Waals surface area contributed by atoms with Gasteiger partial charge >= 0.3 is 11.9 Å². The molecule has 0 aliphatic rings. The lowest BCUT2D eigenvalue weighted by Gasteiger charge is -2.23. The SMILES string of the molecule is Cc1nnc(-c2ccc(CC(=O)NCCOCCOCCOCCOCCOCCOCCOCCOCCC(=O)N(CCOCCOCCOCCOCCOCCOCCOCCOCCC(=O)O)CCOCCOCCOCCOCCOCCOCCOCCOCCC(=O)O)cc2)nn1. The molecule has 602 valence electrons. The highest BCUT2D eigenvalue weighted by Crippen LogP contribution is 2.14. The van der Waals surface area contributed by atoms with Gasteiger partial charge in [0.05, 0.1) is 343 Å². The van der Waals surface area contributed by atoms with Crippen LogP contribution in [0.5, 0.6) is 0 Å². The molecule has 0 aliphatic heterocycles. The van der Waals surface area contributed by atoms with Crippen molar-refractivity contribution in [3.8, 4) is 11.4 Å². The van der Waals surface area contributed by atoms with E-state index in [0.717, 1.165) is 11.1 Å². The molecule has 0 radical (unpaired) electrons. The quantitative estimate of drug-likeness (QED) is 0.0758. The normalized spacial score (nSPS) is 11.5. The van der Waals surface area contributed by atoms with Crippen LogP contribution in [0.2, 0.25) is 0 Å². The molecule has 36 heteroatoms. The number of hydrogen-bond acceptors (Lipinski definition) is 32. The average molecular weight is 1500 g/mol. The van der Waals surface area contributed by atoms with Crippen molar-refractivity contribution in [2.45, 2.75) is 32.6 Å². The zero-order chi connectivity index (χ0) is 74.4. The Kier molecular flexibility index (Phi) is 69.8. The summed E-state index contributed by atoms with van der Waals surface area (Å²) in [6.45, 7) is 21.3. The van der Waals surface area contributed by atoms with Gasteiger partial charge in [-0.25, -0.2) is 0 Å². The zero-order valence-corrected chi connectivity index (χ0v) is 61.3. The van der Waals surface area contributed by atoms with Crippen molar-refractivity contribution in [1.82, 2.24) is 30.6 Å². The van der Waals surface area contributed by atoms with Gasteiger partial charge in [-0.15, -0.1) is 20.4 Å². The first-order valence-corrected chi connectivity index (χ1v) is 35.7. The van der Waals surface area contributed by atoms with Gasteiger partial charge in [0.1, 0.15) is 0 Å².